The Balaban J connectivity index is 1.55. The van der Waals surface area contributed by atoms with Crippen LogP contribution < -0.4 is 0 Å². The molecule has 1 heteroatoms. The van der Waals surface area contributed by atoms with Crippen molar-refractivity contribution in [3.63, 3.8) is 0 Å². The average Bonchev–Trinajstić information content (AvgIpc) is 2.67. The molecule has 5 rings (SSSR count). The molecule has 0 aromatic rings. The maximum Gasteiger partial charge on any atom is 0.139 e. The Morgan fingerprint density at radius 2 is 1.43 bits per heavy atom. The third-order valence-corrected chi connectivity index (χ3v) is 13.1. The summed E-state index contributed by atoms with van der Waals surface area (Å²) in [6.45, 7) is 17.9. The summed E-state index contributed by atoms with van der Waals surface area (Å²) >= 11 is 0. The summed E-state index contributed by atoms with van der Waals surface area (Å²) < 4.78 is 0. The van der Waals surface area contributed by atoms with E-state index in [2.05, 4.69) is 48.5 Å². The second kappa shape index (κ2) is 6.38. The molecule has 0 aromatic carbocycles. The molecular weight excluding hydrogens is 364 g/mol. The zero-order valence-corrected chi connectivity index (χ0v) is 21.1. The van der Waals surface area contributed by atoms with Gasteiger partial charge in [-0.15, -0.1) is 0 Å². The smallest absolute Gasteiger partial charge is 0.139 e. The number of hydrogen-bond acceptors (Lipinski definition) is 1. The van der Waals surface area contributed by atoms with Crippen molar-refractivity contribution in [1.82, 2.24) is 0 Å². The summed E-state index contributed by atoms with van der Waals surface area (Å²) in [5.74, 6) is 4.52. The van der Waals surface area contributed by atoms with E-state index >= 15 is 0 Å². The summed E-state index contributed by atoms with van der Waals surface area (Å²) in [5, 5.41) is 0. The van der Waals surface area contributed by atoms with Crippen LogP contribution in [0.25, 0.3) is 0 Å². The number of rotatable bonds is 0. The number of carbonyl (C=O) groups excluding carboxylic acids is 1. The van der Waals surface area contributed by atoms with Gasteiger partial charge >= 0.3 is 0 Å². The fraction of sp³-hybridized carbons (Fsp3) is 0.966. The second-order valence-corrected chi connectivity index (χ2v) is 14.5. The topological polar surface area (TPSA) is 17.1 Å². The van der Waals surface area contributed by atoms with Crippen molar-refractivity contribution >= 4 is 5.78 Å². The Morgan fingerprint density at radius 1 is 0.700 bits per heavy atom. The summed E-state index contributed by atoms with van der Waals surface area (Å²) in [6, 6.07) is 0. The van der Waals surface area contributed by atoms with Crippen LogP contribution in [-0.4, -0.2) is 5.78 Å². The van der Waals surface area contributed by atoms with E-state index in [9.17, 15) is 4.79 Å². The van der Waals surface area contributed by atoms with Crippen LogP contribution in [-0.2, 0) is 4.79 Å². The summed E-state index contributed by atoms with van der Waals surface area (Å²) in [6.07, 6.45) is 14.5. The predicted octanol–water partition coefficient (Wildman–Crippen LogP) is 8.07. The minimum Gasteiger partial charge on any atom is -0.299 e. The van der Waals surface area contributed by atoms with E-state index in [1.54, 1.807) is 0 Å². The first kappa shape index (κ1) is 21.5. The highest BCUT2D eigenvalue weighted by Crippen LogP contribution is 2.76. The van der Waals surface area contributed by atoms with E-state index in [1.165, 1.54) is 57.8 Å². The van der Waals surface area contributed by atoms with E-state index in [1.807, 2.05) is 0 Å². The molecule has 1 nitrogen and oxygen atoms in total. The molecule has 0 aromatic heterocycles. The Labute approximate surface area is 186 Å². The van der Waals surface area contributed by atoms with E-state index in [0.29, 0.717) is 39.3 Å². The number of ketones is 1. The lowest BCUT2D eigenvalue weighted by molar-refractivity contribution is -0.235. The lowest BCUT2D eigenvalue weighted by Crippen LogP contribution is -2.67. The average molecular weight is 413 g/mol. The molecule has 0 bridgehead atoms. The third-order valence-electron chi connectivity index (χ3n) is 13.1. The SMILES string of the molecule is CC1CC[C@]2(C)CC[C@]3(C)[C@H](CC[C@@H]4[C@@]5(C)C(=O)CCC(C)(C)C5CC[C@]43C)[C@H]2C1. The number of carbonyl (C=O) groups is 1. The van der Waals surface area contributed by atoms with Crippen molar-refractivity contribution in [2.45, 2.75) is 119 Å². The molecule has 0 aliphatic heterocycles. The zero-order chi connectivity index (χ0) is 21.7. The van der Waals surface area contributed by atoms with Crippen LogP contribution in [0.1, 0.15) is 119 Å². The van der Waals surface area contributed by atoms with Crippen molar-refractivity contribution in [3.05, 3.63) is 0 Å². The highest BCUT2D eigenvalue weighted by molar-refractivity contribution is 5.86. The van der Waals surface area contributed by atoms with Crippen LogP contribution in [0, 0.1) is 56.7 Å². The maximum absolute atomic E-state index is 13.6. The summed E-state index contributed by atoms with van der Waals surface area (Å²) in [5.41, 5.74) is 1.60. The largest absolute Gasteiger partial charge is 0.299 e. The number of hydrogen-bond donors (Lipinski definition) is 0. The fourth-order valence-corrected chi connectivity index (χ4v) is 10.9. The Kier molecular flexibility index (Phi) is 4.57. The van der Waals surface area contributed by atoms with Gasteiger partial charge in [-0.3, -0.25) is 4.79 Å². The van der Waals surface area contributed by atoms with Gasteiger partial charge in [-0.05, 0) is 109 Å². The molecule has 2 unspecified atom stereocenters. The van der Waals surface area contributed by atoms with Gasteiger partial charge in [0.15, 0.2) is 0 Å². The van der Waals surface area contributed by atoms with E-state index < -0.39 is 0 Å². The van der Waals surface area contributed by atoms with Gasteiger partial charge in [0.2, 0.25) is 0 Å². The molecule has 30 heavy (non-hydrogen) atoms. The van der Waals surface area contributed by atoms with Crippen molar-refractivity contribution in [2.24, 2.45) is 56.7 Å². The Hall–Kier alpha value is -0.330. The molecule has 170 valence electrons. The Bertz CT molecular complexity index is 737. The molecule has 5 fully saturated rings. The first-order valence-electron chi connectivity index (χ1n) is 13.4. The Morgan fingerprint density at radius 3 is 2.17 bits per heavy atom. The first-order valence-corrected chi connectivity index (χ1v) is 13.4. The zero-order valence-electron chi connectivity index (χ0n) is 21.1. The normalized spacial score (nSPS) is 57.6. The molecule has 0 radical (unpaired) electrons. The molecule has 5 saturated carbocycles. The van der Waals surface area contributed by atoms with Crippen molar-refractivity contribution in [2.75, 3.05) is 0 Å². The molecule has 5 aliphatic carbocycles. The predicted molar refractivity (Wildman–Crippen MR) is 125 cm³/mol. The van der Waals surface area contributed by atoms with Crippen LogP contribution in [0.5, 0.6) is 0 Å². The monoisotopic (exact) mass is 412 g/mol. The van der Waals surface area contributed by atoms with Gasteiger partial charge in [-0.2, -0.15) is 0 Å². The van der Waals surface area contributed by atoms with Crippen LogP contribution in [0.3, 0.4) is 0 Å². The van der Waals surface area contributed by atoms with Gasteiger partial charge in [0.1, 0.15) is 5.78 Å². The van der Waals surface area contributed by atoms with E-state index in [4.69, 9.17) is 0 Å². The van der Waals surface area contributed by atoms with Gasteiger partial charge < -0.3 is 0 Å². The summed E-state index contributed by atoms with van der Waals surface area (Å²) in [4.78, 5) is 13.6. The molecule has 5 aliphatic rings. The van der Waals surface area contributed by atoms with Gasteiger partial charge in [0, 0.05) is 11.8 Å². The van der Waals surface area contributed by atoms with E-state index in [-0.39, 0.29) is 5.41 Å². The first-order chi connectivity index (χ1) is 13.9. The molecule has 0 amide bonds. The maximum atomic E-state index is 13.6. The van der Waals surface area contributed by atoms with Crippen molar-refractivity contribution < 1.29 is 4.79 Å². The second-order valence-electron chi connectivity index (χ2n) is 14.5. The minimum absolute atomic E-state index is 0.0800. The molecule has 0 heterocycles. The van der Waals surface area contributed by atoms with E-state index in [0.717, 1.165) is 30.6 Å². The molecule has 0 saturated heterocycles. The lowest BCUT2D eigenvalue weighted by atomic mass is 9.32. The van der Waals surface area contributed by atoms with Crippen molar-refractivity contribution in [1.29, 1.82) is 0 Å². The van der Waals surface area contributed by atoms with Crippen LogP contribution in [0.15, 0.2) is 0 Å². The number of fused-ring (bicyclic) bond motifs is 7. The van der Waals surface area contributed by atoms with Gasteiger partial charge in [0.25, 0.3) is 0 Å². The molecular formula is C29H48O. The van der Waals surface area contributed by atoms with Gasteiger partial charge in [0.05, 0.1) is 0 Å². The standard InChI is InChI=1S/C29H48O/c1-19-10-14-26(4)16-17-27(5)20(21(26)18-19)8-9-23-28(27,6)15-11-22-25(2,3)13-12-24(30)29(22,23)7/h19-23H,8-18H2,1-7H3/t19?,20-,21-,22?,23+,26-,27-,28-,29+/m1/s1. The quantitative estimate of drug-likeness (QED) is 0.393. The molecule has 0 spiro atoms. The van der Waals surface area contributed by atoms with Crippen LogP contribution in [0.4, 0.5) is 0 Å². The molecule has 0 N–H and O–H groups in total. The van der Waals surface area contributed by atoms with Crippen molar-refractivity contribution in [3.8, 4) is 0 Å². The van der Waals surface area contributed by atoms with Gasteiger partial charge in [-0.1, -0.05) is 54.9 Å². The highest BCUT2D eigenvalue weighted by atomic mass is 16.1. The van der Waals surface area contributed by atoms with Crippen LogP contribution >= 0.6 is 0 Å². The van der Waals surface area contributed by atoms with Crippen LogP contribution in [0.2, 0.25) is 0 Å². The fourth-order valence-electron chi connectivity index (χ4n) is 10.9. The minimum atomic E-state index is -0.0800. The third kappa shape index (κ3) is 2.50. The highest BCUT2D eigenvalue weighted by Gasteiger charge is 2.70. The molecule has 9 atom stereocenters. The van der Waals surface area contributed by atoms with Gasteiger partial charge in [-0.25, -0.2) is 0 Å². The summed E-state index contributed by atoms with van der Waals surface area (Å²) in [7, 11) is 0. The lowest BCUT2D eigenvalue weighted by Gasteiger charge is -2.72. The number of Topliss-reactive ketones (excluding diaryl/α,β-unsaturated/α-hetero) is 1.